The first kappa shape index (κ1) is 21.3. The number of ether oxygens (including phenoxy) is 2. The smallest absolute Gasteiger partial charge is 0.267 e. The highest BCUT2D eigenvalue weighted by Gasteiger charge is 2.22. The third kappa shape index (κ3) is 4.54. The second-order valence-corrected chi connectivity index (χ2v) is 7.31. The average Bonchev–Trinajstić information content (AvgIpc) is 2.85. The summed E-state index contributed by atoms with van der Waals surface area (Å²) in [5, 5.41) is 0. The number of para-hydroxylation sites is 2. The van der Waals surface area contributed by atoms with Gasteiger partial charge in [-0.3, -0.25) is 9.78 Å². The summed E-state index contributed by atoms with van der Waals surface area (Å²) in [6.07, 6.45) is 1.13. The van der Waals surface area contributed by atoms with Crippen molar-refractivity contribution in [3.63, 3.8) is 0 Å². The van der Waals surface area contributed by atoms with Crippen LogP contribution in [0.4, 0.5) is 5.69 Å². The quantitative estimate of drug-likeness (QED) is 0.409. The SMILES string of the molecule is CCN(C(=O)[C@@H](C)Oc1ccc(-c2cnc3ccccc3n2)cc1)c1ccc(OC)cc1. The molecule has 0 saturated carbocycles. The molecular weight excluding hydrogens is 402 g/mol. The topological polar surface area (TPSA) is 64.6 Å². The molecule has 4 aromatic rings. The van der Waals surface area contributed by atoms with Crippen LogP contribution in [0.1, 0.15) is 13.8 Å². The predicted octanol–water partition coefficient (Wildman–Crippen LogP) is 5.13. The van der Waals surface area contributed by atoms with Gasteiger partial charge in [-0.2, -0.15) is 0 Å². The maximum Gasteiger partial charge on any atom is 0.267 e. The van der Waals surface area contributed by atoms with Gasteiger partial charge < -0.3 is 14.4 Å². The van der Waals surface area contributed by atoms with Crippen LogP contribution in [0.15, 0.2) is 79.0 Å². The molecule has 3 aromatic carbocycles. The van der Waals surface area contributed by atoms with Crippen molar-refractivity contribution in [3.05, 3.63) is 79.0 Å². The van der Waals surface area contributed by atoms with E-state index >= 15 is 0 Å². The molecule has 1 amide bonds. The van der Waals surface area contributed by atoms with Crippen LogP contribution < -0.4 is 14.4 Å². The number of carbonyl (C=O) groups is 1. The van der Waals surface area contributed by atoms with Gasteiger partial charge in [0.2, 0.25) is 0 Å². The molecule has 0 aliphatic carbocycles. The van der Waals surface area contributed by atoms with Crippen LogP contribution in [0.5, 0.6) is 11.5 Å². The van der Waals surface area contributed by atoms with E-state index in [4.69, 9.17) is 9.47 Å². The maximum absolute atomic E-state index is 13.0. The minimum Gasteiger partial charge on any atom is -0.497 e. The number of likely N-dealkylation sites (N-methyl/N-ethyl adjacent to an activating group) is 1. The summed E-state index contributed by atoms with van der Waals surface area (Å²) < 4.78 is 11.1. The van der Waals surface area contributed by atoms with Gasteiger partial charge in [0.05, 0.1) is 30.0 Å². The Kier molecular flexibility index (Phi) is 6.31. The number of hydrogen-bond acceptors (Lipinski definition) is 5. The molecule has 1 heterocycles. The molecule has 6 heteroatoms. The van der Waals surface area contributed by atoms with Crippen LogP contribution in [-0.4, -0.2) is 35.6 Å². The van der Waals surface area contributed by atoms with Crippen LogP contribution >= 0.6 is 0 Å². The lowest BCUT2D eigenvalue weighted by molar-refractivity contribution is -0.124. The van der Waals surface area contributed by atoms with E-state index in [9.17, 15) is 4.79 Å². The Morgan fingerprint density at radius 2 is 1.59 bits per heavy atom. The molecule has 0 aliphatic heterocycles. The summed E-state index contributed by atoms with van der Waals surface area (Å²) in [5.41, 5.74) is 4.24. The van der Waals surface area contributed by atoms with Crippen LogP contribution in [0.2, 0.25) is 0 Å². The van der Waals surface area contributed by atoms with E-state index in [1.807, 2.05) is 79.7 Å². The molecule has 0 spiro atoms. The Hall–Kier alpha value is -3.93. The van der Waals surface area contributed by atoms with Crippen molar-refractivity contribution < 1.29 is 14.3 Å². The summed E-state index contributed by atoms with van der Waals surface area (Å²) in [4.78, 5) is 23.8. The number of fused-ring (bicyclic) bond motifs is 1. The molecule has 32 heavy (non-hydrogen) atoms. The molecular formula is C26H25N3O3. The van der Waals surface area contributed by atoms with E-state index in [2.05, 4.69) is 9.97 Å². The zero-order chi connectivity index (χ0) is 22.5. The van der Waals surface area contributed by atoms with Crippen molar-refractivity contribution >= 4 is 22.6 Å². The number of nitrogens with zero attached hydrogens (tertiary/aromatic N) is 3. The lowest BCUT2D eigenvalue weighted by Crippen LogP contribution is -2.40. The van der Waals surface area contributed by atoms with E-state index < -0.39 is 6.10 Å². The zero-order valence-corrected chi connectivity index (χ0v) is 18.4. The molecule has 0 radical (unpaired) electrons. The minimum atomic E-state index is -0.636. The van der Waals surface area contributed by atoms with E-state index in [-0.39, 0.29) is 5.91 Å². The molecule has 1 atom stereocenters. The normalized spacial score (nSPS) is 11.7. The Morgan fingerprint density at radius 1 is 0.938 bits per heavy atom. The van der Waals surface area contributed by atoms with E-state index in [0.29, 0.717) is 12.3 Å². The largest absolute Gasteiger partial charge is 0.497 e. The van der Waals surface area contributed by atoms with Gasteiger partial charge in [0.1, 0.15) is 11.5 Å². The average molecular weight is 428 g/mol. The Labute approximate surface area is 187 Å². The molecule has 4 rings (SSSR count). The Morgan fingerprint density at radius 3 is 2.25 bits per heavy atom. The number of benzene rings is 3. The molecule has 0 unspecified atom stereocenters. The van der Waals surface area contributed by atoms with Crippen LogP contribution in [0.3, 0.4) is 0 Å². The summed E-state index contributed by atoms with van der Waals surface area (Å²) in [5.74, 6) is 1.26. The summed E-state index contributed by atoms with van der Waals surface area (Å²) in [6.45, 7) is 4.24. The van der Waals surface area contributed by atoms with Gasteiger partial charge in [0, 0.05) is 17.8 Å². The van der Waals surface area contributed by atoms with Gasteiger partial charge in [0.15, 0.2) is 6.10 Å². The molecule has 162 valence electrons. The van der Waals surface area contributed by atoms with Crippen LogP contribution in [-0.2, 0) is 4.79 Å². The molecule has 0 N–H and O–H groups in total. The van der Waals surface area contributed by atoms with Crippen molar-refractivity contribution in [2.75, 3.05) is 18.6 Å². The van der Waals surface area contributed by atoms with Gasteiger partial charge in [-0.15, -0.1) is 0 Å². The van der Waals surface area contributed by atoms with Crippen molar-refractivity contribution in [2.24, 2.45) is 0 Å². The van der Waals surface area contributed by atoms with E-state index in [1.54, 1.807) is 25.1 Å². The van der Waals surface area contributed by atoms with Gasteiger partial charge >= 0.3 is 0 Å². The molecule has 0 saturated heterocycles. The van der Waals surface area contributed by atoms with E-state index in [0.717, 1.165) is 33.7 Å². The standard InChI is InChI=1S/C26H25N3O3/c1-4-29(20-11-15-21(31-3)16-12-20)26(30)18(2)32-22-13-9-19(10-14-22)25-17-27-23-7-5-6-8-24(23)28-25/h5-18H,4H2,1-3H3/t18-/m1/s1. The number of anilines is 1. The minimum absolute atomic E-state index is 0.109. The highest BCUT2D eigenvalue weighted by molar-refractivity contribution is 5.96. The first-order valence-corrected chi connectivity index (χ1v) is 10.5. The van der Waals surface area contributed by atoms with Crippen molar-refractivity contribution in [1.82, 2.24) is 9.97 Å². The molecule has 0 fully saturated rings. The molecule has 0 aliphatic rings. The van der Waals surface area contributed by atoms with Crippen molar-refractivity contribution in [2.45, 2.75) is 20.0 Å². The maximum atomic E-state index is 13.0. The lowest BCUT2D eigenvalue weighted by Gasteiger charge is -2.25. The van der Waals surface area contributed by atoms with Crippen molar-refractivity contribution in [1.29, 1.82) is 0 Å². The third-order valence-corrected chi connectivity index (χ3v) is 5.23. The number of aromatic nitrogens is 2. The van der Waals surface area contributed by atoms with Gasteiger partial charge in [-0.05, 0) is 74.5 Å². The second-order valence-electron chi connectivity index (χ2n) is 7.31. The predicted molar refractivity (Wildman–Crippen MR) is 126 cm³/mol. The lowest BCUT2D eigenvalue weighted by atomic mass is 10.1. The second kappa shape index (κ2) is 9.47. The zero-order valence-electron chi connectivity index (χ0n) is 18.4. The monoisotopic (exact) mass is 427 g/mol. The Bertz CT molecular complexity index is 1210. The molecule has 1 aromatic heterocycles. The fraction of sp³-hybridized carbons (Fsp3) is 0.192. The highest BCUT2D eigenvalue weighted by Crippen LogP contribution is 2.24. The van der Waals surface area contributed by atoms with Gasteiger partial charge in [-0.25, -0.2) is 4.98 Å². The number of amides is 1. The number of carbonyl (C=O) groups excluding carboxylic acids is 1. The van der Waals surface area contributed by atoms with E-state index in [1.165, 1.54) is 0 Å². The highest BCUT2D eigenvalue weighted by atomic mass is 16.5. The first-order valence-electron chi connectivity index (χ1n) is 10.5. The third-order valence-electron chi connectivity index (χ3n) is 5.23. The molecule has 6 nitrogen and oxygen atoms in total. The fourth-order valence-electron chi connectivity index (χ4n) is 3.50. The van der Waals surface area contributed by atoms with Gasteiger partial charge in [0.25, 0.3) is 5.91 Å². The number of rotatable bonds is 7. The number of hydrogen-bond donors (Lipinski definition) is 0. The van der Waals surface area contributed by atoms with Crippen LogP contribution in [0, 0.1) is 0 Å². The molecule has 0 bridgehead atoms. The van der Waals surface area contributed by atoms with Gasteiger partial charge in [-0.1, -0.05) is 12.1 Å². The van der Waals surface area contributed by atoms with Crippen molar-refractivity contribution in [3.8, 4) is 22.8 Å². The summed E-state index contributed by atoms with van der Waals surface area (Å²) in [7, 11) is 1.62. The first-order chi connectivity index (χ1) is 15.6. The number of methoxy groups -OCH3 is 1. The Balaban J connectivity index is 1.46. The fourth-order valence-corrected chi connectivity index (χ4v) is 3.50. The van der Waals surface area contributed by atoms with Crippen LogP contribution in [0.25, 0.3) is 22.3 Å². The summed E-state index contributed by atoms with van der Waals surface area (Å²) in [6, 6.07) is 22.7. The summed E-state index contributed by atoms with van der Waals surface area (Å²) >= 11 is 0.